The molecular formula is C15H16N2O5. The van der Waals surface area contributed by atoms with Crippen LogP contribution in [0.2, 0.25) is 0 Å². The number of aldehydes is 1. The maximum atomic E-state index is 11.8. The number of hydrogen-bond acceptors (Lipinski definition) is 7. The van der Waals surface area contributed by atoms with Gasteiger partial charge in [0.15, 0.2) is 6.29 Å². The molecule has 0 saturated heterocycles. The van der Waals surface area contributed by atoms with E-state index >= 15 is 0 Å². The Morgan fingerprint density at radius 1 is 1.50 bits per heavy atom. The number of ketones is 1. The van der Waals surface area contributed by atoms with Crippen molar-refractivity contribution in [3.63, 3.8) is 0 Å². The summed E-state index contributed by atoms with van der Waals surface area (Å²) in [4.78, 5) is 39.5. The SMILES string of the molecule is O=Cc1cccc2c1NON2CCOC(=O)C1CCCC1=O. The number of ether oxygens (including phenoxy) is 1. The number of esters is 1. The summed E-state index contributed by atoms with van der Waals surface area (Å²) in [5.74, 6) is -1.10. The molecule has 0 spiro atoms. The van der Waals surface area contributed by atoms with Crippen molar-refractivity contribution in [1.82, 2.24) is 0 Å². The van der Waals surface area contributed by atoms with E-state index in [0.29, 0.717) is 36.3 Å². The zero-order valence-corrected chi connectivity index (χ0v) is 11.9. The number of hydroxylamine groups is 1. The summed E-state index contributed by atoms with van der Waals surface area (Å²) in [7, 11) is 0. The summed E-state index contributed by atoms with van der Waals surface area (Å²) < 4.78 is 5.15. The minimum atomic E-state index is -0.605. The average molecular weight is 304 g/mol. The number of fused-ring (bicyclic) bond motifs is 1. The molecule has 7 heteroatoms. The molecule has 1 aromatic carbocycles. The summed E-state index contributed by atoms with van der Waals surface area (Å²) in [6.45, 7) is 0.407. The lowest BCUT2D eigenvalue weighted by molar-refractivity contribution is -0.150. The van der Waals surface area contributed by atoms with Gasteiger partial charge in [-0.05, 0) is 25.0 Å². The second-order valence-corrected chi connectivity index (χ2v) is 5.23. The van der Waals surface area contributed by atoms with E-state index in [2.05, 4.69) is 5.48 Å². The van der Waals surface area contributed by atoms with Gasteiger partial charge in [-0.3, -0.25) is 14.4 Å². The molecule has 0 amide bonds. The van der Waals surface area contributed by atoms with E-state index in [1.807, 2.05) is 0 Å². The third kappa shape index (κ3) is 2.67. The van der Waals surface area contributed by atoms with Crippen LogP contribution in [0.1, 0.15) is 29.6 Å². The quantitative estimate of drug-likeness (QED) is 0.501. The molecule has 1 heterocycles. The van der Waals surface area contributed by atoms with Gasteiger partial charge >= 0.3 is 5.97 Å². The van der Waals surface area contributed by atoms with Gasteiger partial charge in [0, 0.05) is 12.0 Å². The first-order valence-corrected chi connectivity index (χ1v) is 7.19. The first kappa shape index (κ1) is 14.5. The van der Waals surface area contributed by atoms with Gasteiger partial charge in [-0.25, -0.2) is 10.5 Å². The molecule has 1 unspecified atom stereocenters. The number of para-hydroxylation sites is 1. The molecule has 1 saturated carbocycles. The van der Waals surface area contributed by atoms with Crippen LogP contribution in [0.15, 0.2) is 18.2 Å². The molecule has 0 bridgehead atoms. The van der Waals surface area contributed by atoms with E-state index in [9.17, 15) is 14.4 Å². The topological polar surface area (TPSA) is 84.9 Å². The Morgan fingerprint density at radius 3 is 3.09 bits per heavy atom. The van der Waals surface area contributed by atoms with E-state index in [1.165, 1.54) is 5.06 Å². The van der Waals surface area contributed by atoms with Crippen LogP contribution in [0.5, 0.6) is 0 Å². The van der Waals surface area contributed by atoms with Crippen molar-refractivity contribution >= 4 is 29.4 Å². The van der Waals surface area contributed by atoms with Gasteiger partial charge < -0.3 is 4.74 Å². The average Bonchev–Trinajstić information content (AvgIpc) is 3.13. The summed E-state index contributed by atoms with van der Waals surface area (Å²) in [5.41, 5.74) is 4.46. The standard InChI is InChI=1S/C15H16N2O5/c18-9-10-3-1-5-12-14(10)16-22-17(12)7-8-21-15(20)11-4-2-6-13(11)19/h1,3,5,9,11,16H,2,4,6-8H2. The first-order valence-electron chi connectivity index (χ1n) is 7.19. The minimum absolute atomic E-state index is 0.0370. The molecule has 3 rings (SSSR count). The number of carbonyl (C=O) groups is 3. The fourth-order valence-electron chi connectivity index (χ4n) is 2.69. The Balaban J connectivity index is 1.55. The molecular weight excluding hydrogens is 288 g/mol. The fourth-order valence-corrected chi connectivity index (χ4v) is 2.69. The zero-order valence-electron chi connectivity index (χ0n) is 11.9. The smallest absolute Gasteiger partial charge is 0.316 e. The summed E-state index contributed by atoms with van der Waals surface area (Å²) in [5, 5.41) is 1.51. The predicted molar refractivity (Wildman–Crippen MR) is 77.2 cm³/mol. The van der Waals surface area contributed by atoms with Crippen molar-refractivity contribution in [3.8, 4) is 0 Å². The van der Waals surface area contributed by atoms with Gasteiger partial charge in [-0.2, -0.15) is 4.94 Å². The highest BCUT2D eigenvalue weighted by atomic mass is 16.8. The number of Topliss-reactive ketones (excluding diaryl/α,β-unsaturated/α-hetero) is 1. The van der Waals surface area contributed by atoms with E-state index < -0.39 is 11.9 Å². The Kier molecular flexibility index (Phi) is 4.06. The van der Waals surface area contributed by atoms with Crippen molar-refractivity contribution in [2.24, 2.45) is 5.92 Å². The Hall–Kier alpha value is -2.41. The molecule has 22 heavy (non-hydrogen) atoms. The van der Waals surface area contributed by atoms with E-state index in [4.69, 9.17) is 9.68 Å². The van der Waals surface area contributed by atoms with E-state index in [1.54, 1.807) is 18.2 Å². The third-order valence-electron chi connectivity index (χ3n) is 3.86. The van der Waals surface area contributed by atoms with Crippen LogP contribution in [-0.2, 0) is 19.3 Å². The van der Waals surface area contributed by atoms with Crippen molar-refractivity contribution in [1.29, 1.82) is 0 Å². The Bertz CT molecular complexity index is 616. The van der Waals surface area contributed by atoms with Crippen molar-refractivity contribution in [2.45, 2.75) is 19.3 Å². The van der Waals surface area contributed by atoms with Gasteiger partial charge in [0.1, 0.15) is 18.3 Å². The number of carbonyl (C=O) groups excluding carboxylic acids is 3. The van der Waals surface area contributed by atoms with Gasteiger partial charge in [-0.15, -0.1) is 0 Å². The molecule has 1 fully saturated rings. The molecule has 1 aliphatic heterocycles. The normalized spacial score (nSPS) is 19.7. The molecule has 1 atom stereocenters. The maximum Gasteiger partial charge on any atom is 0.316 e. The number of nitrogens with one attached hydrogen (secondary N) is 1. The summed E-state index contributed by atoms with van der Waals surface area (Å²) in [6.07, 6.45) is 2.52. The van der Waals surface area contributed by atoms with Crippen LogP contribution in [-0.4, -0.2) is 31.2 Å². The van der Waals surface area contributed by atoms with Crippen molar-refractivity contribution in [3.05, 3.63) is 23.8 Å². The van der Waals surface area contributed by atoms with Gasteiger partial charge in [0.05, 0.1) is 17.9 Å². The molecule has 0 radical (unpaired) electrons. The molecule has 0 aromatic heterocycles. The van der Waals surface area contributed by atoms with Gasteiger partial charge in [-0.1, -0.05) is 6.07 Å². The third-order valence-corrected chi connectivity index (χ3v) is 3.86. The first-order chi connectivity index (χ1) is 10.7. The van der Waals surface area contributed by atoms with Crippen LogP contribution in [0, 0.1) is 5.92 Å². The zero-order chi connectivity index (χ0) is 15.5. The van der Waals surface area contributed by atoms with Crippen LogP contribution < -0.4 is 10.5 Å². The molecule has 1 N–H and O–H groups in total. The lowest BCUT2D eigenvalue weighted by Gasteiger charge is -2.16. The lowest BCUT2D eigenvalue weighted by atomic mass is 10.1. The number of nitrogens with zero attached hydrogens (tertiary/aromatic N) is 1. The van der Waals surface area contributed by atoms with Crippen LogP contribution in [0.25, 0.3) is 0 Å². The van der Waals surface area contributed by atoms with E-state index in [0.717, 1.165) is 12.7 Å². The number of rotatable bonds is 5. The highest BCUT2D eigenvalue weighted by molar-refractivity contribution is 6.00. The number of hydrogen-bond donors (Lipinski definition) is 1. The maximum absolute atomic E-state index is 11.8. The fraction of sp³-hybridized carbons (Fsp3) is 0.400. The minimum Gasteiger partial charge on any atom is -0.463 e. The van der Waals surface area contributed by atoms with Crippen LogP contribution >= 0.6 is 0 Å². The molecule has 116 valence electrons. The second kappa shape index (κ2) is 6.15. The monoisotopic (exact) mass is 304 g/mol. The molecule has 7 nitrogen and oxygen atoms in total. The Morgan fingerprint density at radius 2 is 2.36 bits per heavy atom. The van der Waals surface area contributed by atoms with Crippen molar-refractivity contribution in [2.75, 3.05) is 23.7 Å². The number of anilines is 2. The predicted octanol–water partition coefficient (Wildman–Crippen LogP) is 1.49. The largest absolute Gasteiger partial charge is 0.463 e. The highest BCUT2D eigenvalue weighted by Gasteiger charge is 2.32. The summed E-state index contributed by atoms with van der Waals surface area (Å²) in [6, 6.07) is 5.22. The van der Waals surface area contributed by atoms with Gasteiger partial charge in [0.25, 0.3) is 0 Å². The Labute approximate surface area is 127 Å². The van der Waals surface area contributed by atoms with Crippen LogP contribution in [0.4, 0.5) is 11.4 Å². The van der Waals surface area contributed by atoms with Crippen LogP contribution in [0.3, 0.4) is 0 Å². The van der Waals surface area contributed by atoms with Gasteiger partial charge in [0.2, 0.25) is 0 Å². The summed E-state index contributed by atoms with van der Waals surface area (Å²) >= 11 is 0. The molecule has 1 aromatic rings. The lowest BCUT2D eigenvalue weighted by Crippen LogP contribution is -2.28. The highest BCUT2D eigenvalue weighted by Crippen LogP contribution is 2.34. The van der Waals surface area contributed by atoms with E-state index in [-0.39, 0.29) is 12.4 Å². The second-order valence-electron chi connectivity index (χ2n) is 5.23. The molecule has 2 aliphatic rings. The molecule has 1 aliphatic carbocycles. The number of benzene rings is 1. The van der Waals surface area contributed by atoms with Crippen molar-refractivity contribution < 1.29 is 24.1 Å².